The lowest BCUT2D eigenvalue weighted by Crippen LogP contribution is -2.56. The van der Waals surface area contributed by atoms with Crippen LogP contribution >= 0.6 is 24.4 Å². The van der Waals surface area contributed by atoms with Crippen molar-refractivity contribution in [3.05, 3.63) is 35.4 Å². The third-order valence-corrected chi connectivity index (χ3v) is 6.24. The Morgan fingerprint density at radius 1 is 1.42 bits per heavy atom. The Labute approximate surface area is 149 Å². The van der Waals surface area contributed by atoms with Crippen LogP contribution in [0, 0.1) is 0 Å². The molecule has 2 aliphatic rings. The molecule has 0 aliphatic carbocycles. The smallest absolute Gasteiger partial charge is 0.327 e. The molecule has 128 valence electrons. The summed E-state index contributed by atoms with van der Waals surface area (Å²) >= 11 is 5.51. The molecular weight excluding hydrogens is 348 g/mol. The van der Waals surface area contributed by atoms with E-state index in [9.17, 15) is 14.4 Å². The highest BCUT2D eigenvalue weighted by Crippen LogP contribution is 2.56. The van der Waals surface area contributed by atoms with Crippen LogP contribution < -0.4 is 5.32 Å². The van der Waals surface area contributed by atoms with Crippen molar-refractivity contribution in [1.29, 1.82) is 0 Å². The number of hydrogen-bond donors (Lipinski definition) is 3. The second kappa shape index (κ2) is 6.00. The molecule has 0 aromatic heterocycles. The highest BCUT2D eigenvalue weighted by Gasteiger charge is 2.57. The van der Waals surface area contributed by atoms with Crippen LogP contribution in [0.5, 0.6) is 0 Å². The number of fused-ring (bicyclic) bond motifs is 3. The molecular formula is C16H18N2O4S2. The maximum absolute atomic E-state index is 12.8. The predicted octanol–water partition coefficient (Wildman–Crippen LogP) is 1.53. The number of thioether (sulfide) groups is 1. The van der Waals surface area contributed by atoms with Crippen molar-refractivity contribution >= 4 is 42.2 Å². The van der Waals surface area contributed by atoms with Crippen LogP contribution in [0.3, 0.4) is 0 Å². The van der Waals surface area contributed by atoms with Gasteiger partial charge in [0.15, 0.2) is 0 Å². The SMILES string of the molecule is CC1(C)SC2c3ccccc3C(=O)N2[C@@H]1C(=O)N[C@@H](CS)C(=O)O. The number of nitrogens with one attached hydrogen (secondary N) is 1. The van der Waals surface area contributed by atoms with Crippen LogP contribution in [-0.2, 0) is 9.59 Å². The molecule has 3 atom stereocenters. The summed E-state index contributed by atoms with van der Waals surface area (Å²) in [5, 5.41) is 11.4. The van der Waals surface area contributed by atoms with E-state index in [1.807, 2.05) is 26.0 Å². The summed E-state index contributed by atoms with van der Waals surface area (Å²) in [6.07, 6.45) is 0. The highest BCUT2D eigenvalue weighted by atomic mass is 32.2. The fourth-order valence-electron chi connectivity index (χ4n) is 3.24. The van der Waals surface area contributed by atoms with E-state index in [1.54, 1.807) is 28.8 Å². The Hall–Kier alpha value is -1.67. The molecule has 0 spiro atoms. The van der Waals surface area contributed by atoms with Gasteiger partial charge in [0.25, 0.3) is 5.91 Å². The van der Waals surface area contributed by atoms with E-state index in [4.69, 9.17) is 5.11 Å². The molecule has 1 unspecified atom stereocenters. The summed E-state index contributed by atoms with van der Waals surface area (Å²) in [6, 6.07) is 5.50. The first kappa shape index (κ1) is 17.2. The van der Waals surface area contributed by atoms with Crippen molar-refractivity contribution in [2.24, 2.45) is 0 Å². The van der Waals surface area contributed by atoms with E-state index < -0.39 is 28.7 Å². The van der Waals surface area contributed by atoms with Crippen molar-refractivity contribution in [2.75, 3.05) is 5.75 Å². The summed E-state index contributed by atoms with van der Waals surface area (Å²) in [5.41, 5.74) is 1.51. The lowest BCUT2D eigenvalue weighted by atomic mass is 10.0. The Bertz CT molecular complexity index is 722. The number of carbonyl (C=O) groups is 3. The van der Waals surface area contributed by atoms with Crippen LogP contribution in [0.25, 0.3) is 0 Å². The highest BCUT2D eigenvalue weighted by molar-refractivity contribution is 8.01. The number of thiol groups is 1. The number of rotatable bonds is 4. The Morgan fingerprint density at radius 2 is 2.08 bits per heavy atom. The maximum Gasteiger partial charge on any atom is 0.327 e. The van der Waals surface area contributed by atoms with Gasteiger partial charge in [0, 0.05) is 16.1 Å². The average Bonchev–Trinajstić information content (AvgIpc) is 2.95. The summed E-state index contributed by atoms with van der Waals surface area (Å²) in [7, 11) is 0. The van der Waals surface area contributed by atoms with E-state index in [0.29, 0.717) is 5.56 Å². The Kier molecular flexibility index (Phi) is 4.29. The van der Waals surface area contributed by atoms with Gasteiger partial charge in [0.2, 0.25) is 5.91 Å². The summed E-state index contributed by atoms with van der Waals surface area (Å²) in [5.74, 6) is -1.81. The van der Waals surface area contributed by atoms with Crippen LogP contribution in [-0.4, -0.2) is 50.4 Å². The van der Waals surface area contributed by atoms with Crippen LogP contribution in [0.2, 0.25) is 0 Å². The zero-order chi connectivity index (χ0) is 17.6. The largest absolute Gasteiger partial charge is 0.480 e. The third-order valence-electron chi connectivity index (χ3n) is 4.34. The van der Waals surface area contributed by atoms with Gasteiger partial charge in [-0.1, -0.05) is 18.2 Å². The number of benzene rings is 1. The van der Waals surface area contributed by atoms with Gasteiger partial charge in [0.05, 0.1) is 0 Å². The number of hydrogen-bond acceptors (Lipinski definition) is 5. The summed E-state index contributed by atoms with van der Waals surface area (Å²) in [6.45, 7) is 3.79. The van der Waals surface area contributed by atoms with Crippen LogP contribution in [0.1, 0.15) is 35.1 Å². The minimum atomic E-state index is -1.14. The minimum Gasteiger partial charge on any atom is -0.480 e. The van der Waals surface area contributed by atoms with Gasteiger partial charge in [-0.15, -0.1) is 11.8 Å². The molecule has 0 bridgehead atoms. The van der Waals surface area contributed by atoms with Gasteiger partial charge in [-0.3, -0.25) is 9.59 Å². The van der Waals surface area contributed by atoms with Crippen molar-refractivity contribution in [2.45, 2.75) is 36.1 Å². The number of carboxylic acids is 1. The van der Waals surface area contributed by atoms with Gasteiger partial charge < -0.3 is 15.3 Å². The summed E-state index contributed by atoms with van der Waals surface area (Å²) < 4.78 is -0.530. The topological polar surface area (TPSA) is 86.7 Å². The molecule has 2 amide bonds. The fourth-order valence-corrected chi connectivity index (χ4v) is 5.08. The molecule has 2 heterocycles. The zero-order valence-corrected chi connectivity index (χ0v) is 14.9. The molecule has 0 radical (unpaired) electrons. The molecule has 2 aliphatic heterocycles. The molecule has 8 heteroatoms. The van der Waals surface area contributed by atoms with Crippen LogP contribution in [0.4, 0.5) is 0 Å². The number of aliphatic carboxylic acids is 1. The van der Waals surface area contributed by atoms with Gasteiger partial charge in [0.1, 0.15) is 17.5 Å². The van der Waals surface area contributed by atoms with Crippen molar-refractivity contribution in [3.63, 3.8) is 0 Å². The molecule has 24 heavy (non-hydrogen) atoms. The molecule has 1 fully saturated rings. The van der Waals surface area contributed by atoms with Gasteiger partial charge in [-0.2, -0.15) is 12.6 Å². The molecule has 1 aromatic rings. The van der Waals surface area contributed by atoms with E-state index >= 15 is 0 Å². The second-order valence-corrected chi connectivity index (χ2v) is 8.46. The first-order valence-corrected chi connectivity index (χ1v) is 9.02. The Balaban J connectivity index is 1.93. The monoisotopic (exact) mass is 366 g/mol. The first-order chi connectivity index (χ1) is 11.3. The van der Waals surface area contributed by atoms with Gasteiger partial charge in [-0.05, 0) is 25.5 Å². The molecule has 6 nitrogen and oxygen atoms in total. The molecule has 1 aromatic carbocycles. The minimum absolute atomic E-state index is 0.0149. The number of nitrogens with zero attached hydrogens (tertiary/aromatic N) is 1. The van der Waals surface area contributed by atoms with Crippen molar-refractivity contribution in [3.8, 4) is 0 Å². The van der Waals surface area contributed by atoms with E-state index in [1.165, 1.54) is 0 Å². The second-order valence-electron chi connectivity index (χ2n) is 6.36. The summed E-state index contributed by atoms with van der Waals surface area (Å²) in [4.78, 5) is 38.3. The third kappa shape index (κ3) is 2.57. The molecule has 3 rings (SSSR count). The first-order valence-electron chi connectivity index (χ1n) is 7.51. The molecule has 2 N–H and O–H groups in total. The number of carboxylic acid groups (broad SMARTS) is 1. The Morgan fingerprint density at radius 3 is 2.71 bits per heavy atom. The number of amides is 2. The van der Waals surface area contributed by atoms with Crippen molar-refractivity contribution in [1.82, 2.24) is 10.2 Å². The van der Waals surface area contributed by atoms with E-state index in [-0.39, 0.29) is 17.0 Å². The normalized spacial score (nSPS) is 25.1. The van der Waals surface area contributed by atoms with Crippen LogP contribution in [0.15, 0.2) is 24.3 Å². The lowest BCUT2D eigenvalue weighted by Gasteiger charge is -2.30. The molecule has 1 saturated heterocycles. The molecule has 0 saturated carbocycles. The fraction of sp³-hybridized carbons (Fsp3) is 0.438. The average molecular weight is 366 g/mol. The van der Waals surface area contributed by atoms with Gasteiger partial charge >= 0.3 is 5.97 Å². The van der Waals surface area contributed by atoms with Gasteiger partial charge in [-0.25, -0.2) is 4.79 Å². The van der Waals surface area contributed by atoms with E-state index in [2.05, 4.69) is 17.9 Å². The number of carbonyl (C=O) groups excluding carboxylic acids is 2. The zero-order valence-electron chi connectivity index (χ0n) is 13.2. The standard InChI is InChI=1S/C16H18N2O4S2/c1-16(2)11(12(19)17-10(7-23)15(21)22)18-13(20)8-5-3-4-6-9(8)14(18)24-16/h3-6,10-11,14,23H,7H2,1-2H3,(H,17,19)(H,21,22)/t10-,11+,14?/m0/s1. The predicted molar refractivity (Wildman–Crippen MR) is 94.2 cm³/mol. The maximum atomic E-state index is 12.8. The quantitative estimate of drug-likeness (QED) is 0.704. The van der Waals surface area contributed by atoms with E-state index in [0.717, 1.165) is 5.56 Å². The van der Waals surface area contributed by atoms with Crippen molar-refractivity contribution < 1.29 is 19.5 Å². The lowest BCUT2D eigenvalue weighted by molar-refractivity contribution is -0.141.